The van der Waals surface area contributed by atoms with Gasteiger partial charge in [0.05, 0.1) is 24.7 Å². The Balaban J connectivity index is 1.41. The Morgan fingerprint density at radius 2 is 0.792 bits per heavy atom. The van der Waals surface area contributed by atoms with Crippen molar-refractivity contribution in [1.29, 1.82) is 0 Å². The lowest BCUT2D eigenvalue weighted by Gasteiger charge is -2.15. The molecule has 0 N–H and O–H groups in total. The smallest absolute Gasteiger partial charge is 0.165 e. The summed E-state index contributed by atoms with van der Waals surface area (Å²) >= 11 is 0. The normalized spacial score (nSPS) is 16.6. The van der Waals surface area contributed by atoms with Crippen LogP contribution in [0.1, 0.15) is 24.7 Å². The van der Waals surface area contributed by atoms with E-state index in [4.69, 9.17) is 29.2 Å². The average Bonchev–Trinajstić information content (AvgIpc) is 3.31. The quantitative estimate of drug-likeness (QED) is 0.140. The van der Waals surface area contributed by atoms with Gasteiger partial charge in [0.1, 0.15) is 0 Å². The van der Waals surface area contributed by atoms with E-state index in [2.05, 4.69) is 4.98 Å². The molecular formula is C45H29N3. The molecule has 0 atom stereocenters. The standard InChI is InChI=1S/C45H29N3/c1-3-11-30(12-4-1)32-19-23-35(24-20-32)43-46-44(36-25-21-33(22-26-36)31-13-5-2-6-14-31)48-45(47-43)42-39-18-10-8-16-37(39)29-41-38-17-9-7-15-34(38)27-28-40(41)42/h1-29H/i1D,2D,3D,4D,5D,6D,11D,12D,13D,14D,19D,20D,21D,22D,23D,24D,25D,26D. The van der Waals surface area contributed by atoms with Crippen molar-refractivity contribution in [1.82, 2.24) is 15.0 Å². The fraction of sp³-hybridized carbons (Fsp3) is 0. The number of aromatic nitrogens is 3. The molecule has 0 aliphatic rings. The van der Waals surface area contributed by atoms with Crippen molar-refractivity contribution in [3.05, 3.63) is 175 Å². The lowest BCUT2D eigenvalue weighted by Crippen LogP contribution is -2.01. The number of hydrogen-bond donors (Lipinski definition) is 0. The Hall–Kier alpha value is -6.45. The molecule has 0 radical (unpaired) electrons. The first-order valence-corrected chi connectivity index (χ1v) is 14.7. The van der Waals surface area contributed by atoms with E-state index in [0.717, 1.165) is 21.5 Å². The summed E-state index contributed by atoms with van der Waals surface area (Å²) in [4.78, 5) is 14.1. The van der Waals surface area contributed by atoms with E-state index in [-0.39, 0.29) is 5.82 Å². The number of nitrogens with zero attached hydrogens (tertiary/aromatic N) is 3. The molecule has 8 aromatic carbocycles. The Bertz CT molecular complexity index is 3380. The predicted molar refractivity (Wildman–Crippen MR) is 200 cm³/mol. The van der Waals surface area contributed by atoms with E-state index < -0.39 is 154 Å². The van der Waals surface area contributed by atoms with E-state index in [1.54, 1.807) is 12.1 Å². The van der Waals surface area contributed by atoms with Gasteiger partial charge in [-0.2, -0.15) is 0 Å². The molecule has 0 bridgehead atoms. The SMILES string of the molecule is [2H]c1c([2H])c([2H])c(-c2c([2H])c([2H])c(-c3nc(-c4c([2H])c([2H])c(-c5c([2H])c([2H])c([2H])c([2H])c5[2H])c([2H])c4[2H])nc(-c4c5ccccc5cc5c4ccc4ccccc45)n3)c([2H])c2[2H])c([2H])c1[2H]. The molecule has 3 nitrogen and oxygen atoms in total. The molecule has 0 aliphatic carbocycles. The fourth-order valence-corrected chi connectivity index (χ4v) is 5.62. The predicted octanol–water partition coefficient (Wildman–Crippen LogP) is 11.7. The van der Waals surface area contributed by atoms with Gasteiger partial charge in [0.2, 0.25) is 0 Å². The second-order valence-corrected chi connectivity index (χ2v) is 10.7. The summed E-state index contributed by atoms with van der Waals surface area (Å²) in [5, 5.41) is 4.50. The number of fused-ring (bicyclic) bond motifs is 4. The second kappa shape index (κ2) is 11.7. The van der Waals surface area contributed by atoms with Gasteiger partial charge in [-0.05, 0) is 60.6 Å². The minimum Gasteiger partial charge on any atom is -0.208 e. The molecule has 0 saturated carbocycles. The Kier molecular flexibility index (Phi) is 3.66. The summed E-state index contributed by atoms with van der Waals surface area (Å²) in [6.45, 7) is 0. The van der Waals surface area contributed by atoms with Gasteiger partial charge in [-0.15, -0.1) is 0 Å². The number of hydrogen-bond acceptors (Lipinski definition) is 3. The molecule has 0 aliphatic heterocycles. The summed E-state index contributed by atoms with van der Waals surface area (Å²) in [5.74, 6) is -1.19. The summed E-state index contributed by atoms with van der Waals surface area (Å²) < 4.78 is 157. The van der Waals surface area contributed by atoms with Gasteiger partial charge in [0.15, 0.2) is 17.5 Å². The van der Waals surface area contributed by atoms with Crippen molar-refractivity contribution < 1.29 is 24.7 Å². The van der Waals surface area contributed by atoms with Crippen LogP contribution in [-0.2, 0) is 0 Å². The van der Waals surface area contributed by atoms with Crippen LogP contribution in [0.4, 0.5) is 0 Å². The number of benzene rings is 8. The second-order valence-electron chi connectivity index (χ2n) is 10.7. The van der Waals surface area contributed by atoms with Crippen LogP contribution in [0.15, 0.2) is 175 Å². The van der Waals surface area contributed by atoms with Crippen molar-refractivity contribution in [3.8, 4) is 56.4 Å². The molecule has 0 spiro atoms. The van der Waals surface area contributed by atoms with Crippen molar-refractivity contribution in [2.75, 3.05) is 0 Å². The van der Waals surface area contributed by atoms with Crippen LogP contribution in [0, 0.1) is 0 Å². The third kappa shape index (κ3) is 4.99. The van der Waals surface area contributed by atoms with Crippen LogP contribution < -0.4 is 0 Å². The van der Waals surface area contributed by atoms with E-state index in [1.807, 2.05) is 54.6 Å². The first-order valence-electron chi connectivity index (χ1n) is 23.7. The molecule has 1 heterocycles. The van der Waals surface area contributed by atoms with Gasteiger partial charge in [-0.25, -0.2) is 15.0 Å². The zero-order chi connectivity index (χ0) is 47.5. The minimum absolute atomic E-state index is 0.148. The number of rotatable bonds is 5. The molecule has 9 rings (SSSR count). The van der Waals surface area contributed by atoms with Gasteiger partial charge in [-0.3, -0.25) is 0 Å². The molecule has 48 heavy (non-hydrogen) atoms. The highest BCUT2D eigenvalue weighted by Gasteiger charge is 2.18. The van der Waals surface area contributed by atoms with Gasteiger partial charge in [0.25, 0.3) is 0 Å². The Morgan fingerprint density at radius 1 is 0.333 bits per heavy atom. The minimum atomic E-state index is -0.803. The van der Waals surface area contributed by atoms with Gasteiger partial charge in [0, 0.05) is 16.7 Å². The third-order valence-corrected chi connectivity index (χ3v) is 7.83. The molecule has 0 fully saturated rings. The largest absolute Gasteiger partial charge is 0.208 e. The summed E-state index contributed by atoms with van der Waals surface area (Å²) in [7, 11) is 0. The van der Waals surface area contributed by atoms with Gasteiger partial charge >= 0.3 is 0 Å². The molecule has 0 saturated heterocycles. The topological polar surface area (TPSA) is 38.7 Å². The lowest BCUT2D eigenvalue weighted by atomic mass is 9.93. The first-order chi connectivity index (χ1) is 31.3. The van der Waals surface area contributed by atoms with Crippen LogP contribution in [0.25, 0.3) is 88.7 Å². The summed E-state index contributed by atoms with van der Waals surface area (Å²) in [6.07, 6.45) is 0. The first kappa shape index (κ1) is 15.0. The van der Waals surface area contributed by atoms with E-state index in [9.17, 15) is 5.48 Å². The van der Waals surface area contributed by atoms with Crippen LogP contribution in [0.5, 0.6) is 0 Å². The molecule has 0 unspecified atom stereocenters. The molecule has 0 amide bonds. The van der Waals surface area contributed by atoms with Gasteiger partial charge < -0.3 is 0 Å². The fourth-order valence-electron chi connectivity index (χ4n) is 5.62. The highest BCUT2D eigenvalue weighted by Crippen LogP contribution is 2.39. The molecular weight excluding hydrogens is 583 g/mol. The summed E-state index contributed by atoms with van der Waals surface area (Å²) in [6, 6.07) is 6.76. The highest BCUT2D eigenvalue weighted by atomic mass is 15.0. The maximum absolute atomic E-state index is 9.26. The highest BCUT2D eigenvalue weighted by molar-refractivity contribution is 6.19. The van der Waals surface area contributed by atoms with Gasteiger partial charge in [-0.1, -0.05) is 169 Å². The van der Waals surface area contributed by atoms with E-state index in [1.165, 1.54) is 0 Å². The Morgan fingerprint density at radius 3 is 1.38 bits per heavy atom. The zero-order valence-electron chi connectivity index (χ0n) is 42.7. The van der Waals surface area contributed by atoms with Crippen molar-refractivity contribution in [3.63, 3.8) is 0 Å². The summed E-state index contributed by atoms with van der Waals surface area (Å²) in [5.41, 5.74) is -3.00. The maximum Gasteiger partial charge on any atom is 0.165 e. The third-order valence-electron chi connectivity index (χ3n) is 7.83. The molecule has 9 aromatic rings. The lowest BCUT2D eigenvalue weighted by molar-refractivity contribution is 1.08. The molecule has 224 valence electrons. The zero-order valence-corrected chi connectivity index (χ0v) is 24.7. The van der Waals surface area contributed by atoms with E-state index in [0.29, 0.717) is 16.3 Å². The van der Waals surface area contributed by atoms with E-state index >= 15 is 0 Å². The maximum atomic E-state index is 9.26. The van der Waals surface area contributed by atoms with Crippen LogP contribution in [0.3, 0.4) is 0 Å². The van der Waals surface area contributed by atoms with Crippen LogP contribution in [0.2, 0.25) is 0 Å². The molecule has 3 heteroatoms. The average molecular weight is 630 g/mol. The Labute approximate surface area is 304 Å². The van der Waals surface area contributed by atoms with Crippen LogP contribution >= 0.6 is 0 Å². The molecule has 1 aromatic heterocycles. The van der Waals surface area contributed by atoms with Crippen LogP contribution in [-0.4, -0.2) is 15.0 Å². The van der Waals surface area contributed by atoms with Crippen molar-refractivity contribution >= 4 is 32.3 Å². The van der Waals surface area contributed by atoms with Crippen molar-refractivity contribution in [2.24, 2.45) is 0 Å². The van der Waals surface area contributed by atoms with Crippen molar-refractivity contribution in [2.45, 2.75) is 0 Å². The monoisotopic (exact) mass is 629 g/mol.